The number of anilines is 1. The van der Waals surface area contributed by atoms with Crippen molar-refractivity contribution in [2.45, 2.75) is 12.3 Å². The predicted octanol–water partition coefficient (Wildman–Crippen LogP) is 2.60. The Morgan fingerprint density at radius 2 is 2.15 bits per heavy atom. The lowest BCUT2D eigenvalue weighted by molar-refractivity contribution is 0.121. The van der Waals surface area contributed by atoms with Gasteiger partial charge in [-0.05, 0) is 23.8 Å². The Labute approximate surface area is 73.6 Å². The van der Waals surface area contributed by atoms with Crippen molar-refractivity contribution in [3.8, 4) is 0 Å². The van der Waals surface area contributed by atoms with E-state index in [1.807, 2.05) is 0 Å². The first-order valence-electron chi connectivity index (χ1n) is 4.00. The van der Waals surface area contributed by atoms with Crippen molar-refractivity contribution in [1.29, 1.82) is 0 Å². The Morgan fingerprint density at radius 1 is 1.38 bits per heavy atom. The van der Waals surface area contributed by atoms with Gasteiger partial charge in [-0.3, -0.25) is 0 Å². The second-order valence-electron chi connectivity index (χ2n) is 3.05. The van der Waals surface area contributed by atoms with E-state index in [1.165, 1.54) is 18.2 Å². The van der Waals surface area contributed by atoms with Gasteiger partial charge in [0.1, 0.15) is 5.82 Å². The maximum atomic E-state index is 12.7. The summed E-state index contributed by atoms with van der Waals surface area (Å²) in [6.07, 6.45) is -2.43. The monoisotopic (exact) mass is 187 g/mol. The highest BCUT2D eigenvalue weighted by atomic mass is 19.3. The Morgan fingerprint density at radius 3 is 2.85 bits per heavy atom. The van der Waals surface area contributed by atoms with E-state index < -0.39 is 18.2 Å². The summed E-state index contributed by atoms with van der Waals surface area (Å²) in [7, 11) is 0. The summed E-state index contributed by atoms with van der Waals surface area (Å²) in [5.74, 6) is -1.33. The van der Waals surface area contributed by atoms with Crippen LogP contribution >= 0.6 is 0 Å². The van der Waals surface area contributed by atoms with Gasteiger partial charge in [-0.1, -0.05) is 0 Å². The third kappa shape index (κ3) is 1.36. The Hall–Kier alpha value is -1.19. The summed E-state index contributed by atoms with van der Waals surface area (Å²) in [6.45, 7) is 0.191. The molecule has 13 heavy (non-hydrogen) atoms. The van der Waals surface area contributed by atoms with Gasteiger partial charge in [0.15, 0.2) is 0 Å². The molecule has 1 aliphatic rings. The Balaban J connectivity index is 2.40. The fraction of sp³-hybridized carbons (Fsp3) is 0.333. The van der Waals surface area contributed by atoms with Crippen LogP contribution in [0.5, 0.6) is 0 Å². The summed E-state index contributed by atoms with van der Waals surface area (Å²) in [6, 6.07) is 3.93. The fourth-order valence-electron chi connectivity index (χ4n) is 1.56. The summed E-state index contributed by atoms with van der Waals surface area (Å²) in [5.41, 5.74) is 1.00. The van der Waals surface area contributed by atoms with Crippen molar-refractivity contribution >= 4 is 5.69 Å². The number of fused-ring (bicyclic) bond motifs is 1. The van der Waals surface area contributed by atoms with Crippen molar-refractivity contribution in [1.82, 2.24) is 0 Å². The summed E-state index contributed by atoms with van der Waals surface area (Å²) in [4.78, 5) is 0. The van der Waals surface area contributed by atoms with Gasteiger partial charge in [-0.25, -0.2) is 13.2 Å². The van der Waals surface area contributed by atoms with E-state index >= 15 is 0 Å². The van der Waals surface area contributed by atoms with Crippen LogP contribution in [0.3, 0.4) is 0 Å². The normalized spacial score (nSPS) is 20.2. The van der Waals surface area contributed by atoms with Crippen LogP contribution in [-0.4, -0.2) is 13.0 Å². The molecule has 0 radical (unpaired) electrons. The van der Waals surface area contributed by atoms with Crippen molar-refractivity contribution in [2.24, 2.45) is 0 Å². The lowest BCUT2D eigenvalue weighted by Gasteiger charge is -2.07. The topological polar surface area (TPSA) is 12.0 Å². The molecule has 1 N–H and O–H groups in total. The smallest absolute Gasteiger partial charge is 0.247 e. The quantitative estimate of drug-likeness (QED) is 0.712. The minimum absolute atomic E-state index is 0.191. The molecule has 0 aromatic heterocycles. The maximum absolute atomic E-state index is 12.7. The van der Waals surface area contributed by atoms with E-state index in [2.05, 4.69) is 5.32 Å². The van der Waals surface area contributed by atoms with Crippen LogP contribution in [0.15, 0.2) is 18.2 Å². The SMILES string of the molecule is Fc1ccc2c(c1)C(C(F)F)CN2. The average Bonchev–Trinajstić information content (AvgIpc) is 2.46. The van der Waals surface area contributed by atoms with Gasteiger partial charge in [0.25, 0.3) is 0 Å². The molecule has 4 heteroatoms. The van der Waals surface area contributed by atoms with Crippen molar-refractivity contribution in [3.63, 3.8) is 0 Å². The van der Waals surface area contributed by atoms with Gasteiger partial charge >= 0.3 is 0 Å². The fourth-order valence-corrected chi connectivity index (χ4v) is 1.56. The van der Waals surface area contributed by atoms with Gasteiger partial charge in [-0.2, -0.15) is 0 Å². The van der Waals surface area contributed by atoms with Crippen LogP contribution in [0.25, 0.3) is 0 Å². The van der Waals surface area contributed by atoms with Gasteiger partial charge in [0.05, 0.1) is 5.92 Å². The first kappa shape index (κ1) is 8.41. The van der Waals surface area contributed by atoms with Crippen molar-refractivity contribution in [3.05, 3.63) is 29.6 Å². The van der Waals surface area contributed by atoms with Crippen molar-refractivity contribution < 1.29 is 13.2 Å². The van der Waals surface area contributed by atoms with E-state index in [-0.39, 0.29) is 6.54 Å². The van der Waals surface area contributed by atoms with Crippen LogP contribution in [0.1, 0.15) is 11.5 Å². The second-order valence-corrected chi connectivity index (χ2v) is 3.05. The molecule has 1 unspecified atom stereocenters. The van der Waals surface area contributed by atoms with Gasteiger partial charge in [-0.15, -0.1) is 0 Å². The minimum atomic E-state index is -2.43. The molecule has 0 fully saturated rings. The molecule has 70 valence electrons. The zero-order valence-electron chi connectivity index (χ0n) is 6.73. The number of alkyl halides is 2. The first-order chi connectivity index (χ1) is 6.18. The first-order valence-corrected chi connectivity index (χ1v) is 4.00. The molecule has 1 aromatic rings. The largest absolute Gasteiger partial charge is 0.384 e. The molecule has 0 saturated carbocycles. The molecule has 1 atom stereocenters. The zero-order valence-corrected chi connectivity index (χ0v) is 6.73. The molecule has 1 aromatic carbocycles. The van der Waals surface area contributed by atoms with E-state index in [0.29, 0.717) is 11.3 Å². The van der Waals surface area contributed by atoms with Gasteiger partial charge in [0, 0.05) is 12.2 Å². The molecule has 0 saturated heterocycles. The second kappa shape index (κ2) is 2.94. The molecule has 1 heterocycles. The van der Waals surface area contributed by atoms with Gasteiger partial charge in [0.2, 0.25) is 6.43 Å². The number of benzene rings is 1. The number of hydrogen-bond donors (Lipinski definition) is 1. The van der Waals surface area contributed by atoms with E-state index in [0.717, 1.165) is 0 Å². The van der Waals surface area contributed by atoms with Crippen LogP contribution in [0, 0.1) is 5.82 Å². The predicted molar refractivity (Wildman–Crippen MR) is 43.6 cm³/mol. The van der Waals surface area contributed by atoms with E-state index in [9.17, 15) is 13.2 Å². The highest BCUT2D eigenvalue weighted by Crippen LogP contribution is 2.35. The lowest BCUT2D eigenvalue weighted by Crippen LogP contribution is -2.10. The van der Waals surface area contributed by atoms with Gasteiger partial charge < -0.3 is 5.32 Å². The number of hydrogen-bond acceptors (Lipinski definition) is 1. The molecular weight excluding hydrogens is 179 g/mol. The summed E-state index contributed by atoms with van der Waals surface area (Å²) in [5, 5.41) is 2.81. The highest BCUT2D eigenvalue weighted by molar-refractivity contribution is 5.58. The third-order valence-corrected chi connectivity index (χ3v) is 2.23. The van der Waals surface area contributed by atoms with Crippen LogP contribution in [-0.2, 0) is 0 Å². The molecule has 0 bridgehead atoms. The van der Waals surface area contributed by atoms with Crippen LogP contribution in [0.4, 0.5) is 18.9 Å². The average molecular weight is 187 g/mol. The summed E-state index contributed by atoms with van der Waals surface area (Å²) < 4.78 is 37.5. The number of rotatable bonds is 1. The van der Waals surface area contributed by atoms with E-state index in [1.54, 1.807) is 0 Å². The lowest BCUT2D eigenvalue weighted by atomic mass is 10.0. The standard InChI is InChI=1S/C9H8F3N/c10-5-1-2-8-6(3-5)7(4-13-8)9(11)12/h1-3,7,9,13H,4H2. The molecule has 0 aliphatic carbocycles. The molecule has 2 rings (SSSR count). The van der Waals surface area contributed by atoms with Crippen LogP contribution < -0.4 is 5.32 Å². The Kier molecular flexibility index (Phi) is 1.90. The van der Waals surface area contributed by atoms with Crippen molar-refractivity contribution in [2.75, 3.05) is 11.9 Å². The molecule has 1 aliphatic heterocycles. The highest BCUT2D eigenvalue weighted by Gasteiger charge is 2.29. The molecular formula is C9H8F3N. The number of nitrogens with one attached hydrogen (secondary N) is 1. The summed E-state index contributed by atoms with van der Waals surface area (Å²) >= 11 is 0. The number of halogens is 3. The molecule has 1 nitrogen and oxygen atoms in total. The maximum Gasteiger partial charge on any atom is 0.247 e. The third-order valence-electron chi connectivity index (χ3n) is 2.23. The molecule has 0 spiro atoms. The Bertz CT molecular complexity index is 325. The molecule has 0 amide bonds. The van der Waals surface area contributed by atoms with Crippen LogP contribution in [0.2, 0.25) is 0 Å². The van der Waals surface area contributed by atoms with E-state index in [4.69, 9.17) is 0 Å². The minimum Gasteiger partial charge on any atom is -0.384 e. The zero-order chi connectivity index (χ0) is 9.42.